The number of carbonyl (C=O) groups excluding carboxylic acids is 1. The van der Waals surface area contributed by atoms with Gasteiger partial charge in [-0.05, 0) is 55.8 Å². The highest BCUT2D eigenvalue weighted by Crippen LogP contribution is 2.27. The van der Waals surface area contributed by atoms with Crippen LogP contribution in [0.5, 0.6) is 0 Å². The van der Waals surface area contributed by atoms with E-state index in [9.17, 15) is 9.18 Å². The number of hydrogen-bond acceptors (Lipinski definition) is 3. The highest BCUT2D eigenvalue weighted by molar-refractivity contribution is 6.07. The van der Waals surface area contributed by atoms with Gasteiger partial charge in [0.1, 0.15) is 17.3 Å². The number of para-hydroxylation sites is 1. The van der Waals surface area contributed by atoms with Gasteiger partial charge in [-0.3, -0.25) is 4.79 Å². The normalized spacial score (nSPS) is 10.8. The first-order valence-corrected chi connectivity index (χ1v) is 8.80. The topological polar surface area (TPSA) is 60.1 Å². The summed E-state index contributed by atoms with van der Waals surface area (Å²) in [6.07, 6.45) is 1.62. The third-order valence-corrected chi connectivity index (χ3v) is 4.33. The molecule has 1 amide bonds. The first-order valence-electron chi connectivity index (χ1n) is 8.80. The molecule has 4 rings (SSSR count). The van der Waals surface area contributed by atoms with E-state index < -0.39 is 11.7 Å². The molecular formula is C22H18FN3O2. The van der Waals surface area contributed by atoms with E-state index in [0.717, 1.165) is 11.3 Å². The molecule has 0 radical (unpaired) electrons. The maximum absolute atomic E-state index is 14.2. The van der Waals surface area contributed by atoms with Crippen LogP contribution in [0, 0.1) is 19.7 Å². The largest absolute Gasteiger partial charge is 0.460 e. The number of rotatable bonds is 4. The van der Waals surface area contributed by atoms with Gasteiger partial charge in [0.15, 0.2) is 5.76 Å². The van der Waals surface area contributed by atoms with Crippen molar-refractivity contribution in [2.45, 2.75) is 13.8 Å². The second kappa shape index (κ2) is 7.15. The predicted octanol–water partition coefficient (Wildman–Crippen LogP) is 5.14. The minimum Gasteiger partial charge on any atom is -0.460 e. The Balaban J connectivity index is 1.76. The number of aromatic nitrogens is 2. The first-order chi connectivity index (χ1) is 13.5. The molecule has 0 aliphatic heterocycles. The number of carbonyl (C=O) groups is 1. The number of aryl methyl sites for hydroxylation is 2. The van der Waals surface area contributed by atoms with Gasteiger partial charge in [-0.15, -0.1) is 0 Å². The van der Waals surface area contributed by atoms with E-state index in [1.165, 1.54) is 6.07 Å². The molecule has 0 bridgehead atoms. The maximum atomic E-state index is 14.2. The van der Waals surface area contributed by atoms with Crippen LogP contribution in [0.1, 0.15) is 21.7 Å². The molecule has 0 saturated carbocycles. The summed E-state index contributed by atoms with van der Waals surface area (Å²) in [6, 6.07) is 17.6. The van der Waals surface area contributed by atoms with Gasteiger partial charge < -0.3 is 9.73 Å². The molecule has 0 fully saturated rings. The van der Waals surface area contributed by atoms with E-state index in [4.69, 9.17) is 4.42 Å². The molecule has 2 aromatic carbocycles. The van der Waals surface area contributed by atoms with Gasteiger partial charge in [0.05, 0.1) is 16.9 Å². The molecule has 0 unspecified atom stereocenters. The number of nitrogens with one attached hydrogen (secondary N) is 1. The highest BCUT2D eigenvalue weighted by atomic mass is 19.1. The van der Waals surface area contributed by atoms with Crippen LogP contribution >= 0.6 is 0 Å². The molecule has 0 aliphatic rings. The number of furan rings is 1. The molecule has 5 nitrogen and oxygen atoms in total. The van der Waals surface area contributed by atoms with Crippen LogP contribution < -0.4 is 5.32 Å². The fourth-order valence-corrected chi connectivity index (χ4v) is 2.91. The SMILES string of the molecule is Cc1ccc(NC(=O)c2cn(-c3ccccc3)nc2-c2ccc(C)o2)c(F)c1. The maximum Gasteiger partial charge on any atom is 0.259 e. The third kappa shape index (κ3) is 3.44. The van der Waals surface area contributed by atoms with Gasteiger partial charge in [0.25, 0.3) is 5.91 Å². The summed E-state index contributed by atoms with van der Waals surface area (Å²) >= 11 is 0. The van der Waals surface area contributed by atoms with Gasteiger partial charge in [0.2, 0.25) is 0 Å². The van der Waals surface area contributed by atoms with Gasteiger partial charge in [0, 0.05) is 6.20 Å². The second-order valence-corrected chi connectivity index (χ2v) is 6.52. The van der Waals surface area contributed by atoms with Crippen molar-refractivity contribution in [1.29, 1.82) is 0 Å². The smallest absolute Gasteiger partial charge is 0.259 e. The van der Waals surface area contributed by atoms with Crippen LogP contribution in [-0.4, -0.2) is 15.7 Å². The van der Waals surface area contributed by atoms with Gasteiger partial charge in [-0.25, -0.2) is 9.07 Å². The zero-order valence-electron chi connectivity index (χ0n) is 15.4. The molecule has 6 heteroatoms. The quantitative estimate of drug-likeness (QED) is 0.537. The zero-order valence-corrected chi connectivity index (χ0v) is 15.4. The van der Waals surface area contributed by atoms with Crippen molar-refractivity contribution in [3.63, 3.8) is 0 Å². The van der Waals surface area contributed by atoms with Crippen molar-refractivity contribution in [3.05, 3.63) is 89.6 Å². The number of amides is 1. The molecule has 28 heavy (non-hydrogen) atoms. The average Bonchev–Trinajstić information content (AvgIpc) is 3.31. The van der Waals surface area contributed by atoms with E-state index >= 15 is 0 Å². The Bertz CT molecular complexity index is 1150. The Morgan fingerprint density at radius 2 is 1.86 bits per heavy atom. The number of halogens is 1. The minimum absolute atomic E-state index is 0.115. The molecular weight excluding hydrogens is 357 g/mol. The van der Waals surface area contributed by atoms with E-state index in [1.54, 1.807) is 42.1 Å². The molecule has 0 spiro atoms. The van der Waals surface area contributed by atoms with Crippen LogP contribution in [-0.2, 0) is 0 Å². The Labute approximate surface area is 161 Å². The van der Waals surface area contributed by atoms with E-state index in [-0.39, 0.29) is 11.3 Å². The van der Waals surface area contributed by atoms with Crippen molar-refractivity contribution in [3.8, 4) is 17.1 Å². The minimum atomic E-state index is -0.487. The molecule has 4 aromatic rings. The molecule has 0 aliphatic carbocycles. The molecule has 1 N–H and O–H groups in total. The van der Waals surface area contributed by atoms with E-state index in [2.05, 4.69) is 10.4 Å². The molecule has 2 aromatic heterocycles. The summed E-state index contributed by atoms with van der Waals surface area (Å²) in [6.45, 7) is 3.61. The summed E-state index contributed by atoms with van der Waals surface area (Å²) < 4.78 is 21.4. The highest BCUT2D eigenvalue weighted by Gasteiger charge is 2.21. The van der Waals surface area contributed by atoms with Crippen LogP contribution in [0.3, 0.4) is 0 Å². The fraction of sp³-hybridized carbons (Fsp3) is 0.0909. The Kier molecular flexibility index (Phi) is 4.53. The lowest BCUT2D eigenvalue weighted by molar-refractivity contribution is 0.102. The first kappa shape index (κ1) is 17.7. The fourth-order valence-electron chi connectivity index (χ4n) is 2.91. The standard InChI is InChI=1S/C22H18FN3O2/c1-14-8-10-19(18(23)12-14)24-22(27)17-13-26(16-6-4-3-5-7-16)25-21(17)20-11-9-15(2)28-20/h3-13H,1-2H3,(H,24,27). The van der Waals surface area contributed by atoms with E-state index in [1.807, 2.05) is 37.3 Å². The lowest BCUT2D eigenvalue weighted by atomic mass is 10.1. The van der Waals surface area contributed by atoms with Crippen LogP contribution in [0.25, 0.3) is 17.1 Å². The lowest BCUT2D eigenvalue weighted by Crippen LogP contribution is -2.13. The summed E-state index contributed by atoms with van der Waals surface area (Å²) in [7, 11) is 0. The molecule has 140 valence electrons. The van der Waals surface area contributed by atoms with E-state index in [0.29, 0.717) is 17.2 Å². The molecule has 0 atom stereocenters. The monoisotopic (exact) mass is 375 g/mol. The van der Waals surface area contributed by atoms with Crippen LogP contribution in [0.4, 0.5) is 10.1 Å². The summed E-state index contributed by atoms with van der Waals surface area (Å²) in [4.78, 5) is 12.9. The van der Waals surface area contributed by atoms with Crippen LogP contribution in [0.15, 0.2) is 71.3 Å². The van der Waals surface area contributed by atoms with Crippen molar-refractivity contribution in [2.24, 2.45) is 0 Å². The Morgan fingerprint density at radius 1 is 1.07 bits per heavy atom. The number of anilines is 1. The predicted molar refractivity (Wildman–Crippen MR) is 105 cm³/mol. The Hall–Kier alpha value is -3.67. The molecule has 2 heterocycles. The summed E-state index contributed by atoms with van der Waals surface area (Å²) in [5, 5.41) is 7.16. The van der Waals surface area contributed by atoms with Crippen molar-refractivity contribution >= 4 is 11.6 Å². The van der Waals surface area contributed by atoms with Crippen molar-refractivity contribution in [2.75, 3.05) is 5.32 Å². The zero-order chi connectivity index (χ0) is 19.7. The van der Waals surface area contributed by atoms with Gasteiger partial charge in [-0.2, -0.15) is 5.10 Å². The van der Waals surface area contributed by atoms with Crippen molar-refractivity contribution in [1.82, 2.24) is 9.78 Å². The number of nitrogens with zero attached hydrogens (tertiary/aromatic N) is 2. The second-order valence-electron chi connectivity index (χ2n) is 6.52. The average molecular weight is 375 g/mol. The lowest BCUT2D eigenvalue weighted by Gasteiger charge is -2.06. The number of hydrogen-bond donors (Lipinski definition) is 1. The van der Waals surface area contributed by atoms with Gasteiger partial charge in [-0.1, -0.05) is 24.3 Å². The Morgan fingerprint density at radius 3 is 2.54 bits per heavy atom. The molecule has 0 saturated heterocycles. The van der Waals surface area contributed by atoms with Gasteiger partial charge >= 0.3 is 0 Å². The van der Waals surface area contributed by atoms with Crippen LogP contribution in [0.2, 0.25) is 0 Å². The van der Waals surface area contributed by atoms with Crippen molar-refractivity contribution < 1.29 is 13.6 Å². The summed E-state index contributed by atoms with van der Waals surface area (Å²) in [5.74, 6) is 0.232. The summed E-state index contributed by atoms with van der Waals surface area (Å²) in [5.41, 5.74) is 2.37. The third-order valence-electron chi connectivity index (χ3n) is 4.33. The number of benzene rings is 2.